The van der Waals surface area contributed by atoms with Gasteiger partial charge in [0.2, 0.25) is 21.8 Å². The first kappa shape index (κ1) is 24.4. The lowest BCUT2D eigenvalue weighted by Crippen LogP contribution is -2.71. The van der Waals surface area contributed by atoms with E-state index in [2.05, 4.69) is 5.32 Å². The third-order valence-corrected chi connectivity index (χ3v) is 8.79. The molecule has 1 aliphatic heterocycles. The van der Waals surface area contributed by atoms with Crippen molar-refractivity contribution < 1.29 is 18.0 Å². The number of carbonyl (C=O) groups is 2. The van der Waals surface area contributed by atoms with Crippen LogP contribution >= 0.6 is 0 Å². The second-order valence-corrected chi connectivity index (χ2v) is 11.6. The number of nitrogens with one attached hydrogen (secondary N) is 1. The molecule has 1 heterocycles. The van der Waals surface area contributed by atoms with Gasteiger partial charge in [-0.1, -0.05) is 55.2 Å². The lowest BCUT2D eigenvalue weighted by atomic mass is 9.91. The van der Waals surface area contributed by atoms with Crippen molar-refractivity contribution in [2.24, 2.45) is 0 Å². The fourth-order valence-electron chi connectivity index (χ4n) is 4.97. The van der Waals surface area contributed by atoms with E-state index in [0.29, 0.717) is 5.69 Å². The van der Waals surface area contributed by atoms with Crippen LogP contribution in [-0.4, -0.2) is 49.2 Å². The van der Waals surface area contributed by atoms with Crippen LogP contribution in [0, 0.1) is 13.8 Å². The van der Waals surface area contributed by atoms with E-state index in [0.717, 1.165) is 47.5 Å². The van der Waals surface area contributed by atoms with Gasteiger partial charge >= 0.3 is 0 Å². The molecule has 0 radical (unpaired) electrons. The lowest BCUT2D eigenvalue weighted by molar-refractivity contribution is -0.133. The third-order valence-electron chi connectivity index (χ3n) is 6.98. The molecule has 1 N–H and O–H groups in total. The van der Waals surface area contributed by atoms with Crippen molar-refractivity contribution in [1.82, 2.24) is 9.62 Å². The topological polar surface area (TPSA) is 86.8 Å². The van der Waals surface area contributed by atoms with E-state index in [9.17, 15) is 18.0 Å². The molecule has 8 heteroatoms. The Balaban J connectivity index is 1.73. The van der Waals surface area contributed by atoms with Crippen molar-refractivity contribution >= 4 is 27.5 Å². The summed E-state index contributed by atoms with van der Waals surface area (Å²) < 4.78 is 28.1. The van der Waals surface area contributed by atoms with Gasteiger partial charge in [0.15, 0.2) is 0 Å². The minimum Gasteiger partial charge on any atom is -0.351 e. The molecule has 2 fully saturated rings. The fraction of sp³-hybridized carbons (Fsp3) is 0.462. The van der Waals surface area contributed by atoms with Crippen LogP contribution in [0.5, 0.6) is 0 Å². The maximum Gasteiger partial charge on any atom is 0.247 e. The summed E-state index contributed by atoms with van der Waals surface area (Å²) in [6.07, 6.45) is 5.04. The van der Waals surface area contributed by atoms with E-state index in [4.69, 9.17) is 0 Å². The molecule has 1 atom stereocenters. The van der Waals surface area contributed by atoms with Crippen LogP contribution in [0.15, 0.2) is 53.4 Å². The van der Waals surface area contributed by atoms with Crippen LogP contribution in [0.25, 0.3) is 0 Å². The number of para-hydroxylation sites is 1. The summed E-state index contributed by atoms with van der Waals surface area (Å²) in [4.78, 5) is 28.9. The molecule has 0 aromatic heterocycles. The predicted octanol–water partition coefficient (Wildman–Crippen LogP) is 3.55. The molecule has 2 aliphatic rings. The minimum atomic E-state index is -3.96. The number of piperazine rings is 1. The molecule has 182 valence electrons. The number of hydrogen-bond acceptors (Lipinski definition) is 4. The highest BCUT2D eigenvalue weighted by Gasteiger charge is 2.51. The lowest BCUT2D eigenvalue weighted by Gasteiger charge is -2.47. The fourth-order valence-corrected chi connectivity index (χ4v) is 6.45. The van der Waals surface area contributed by atoms with Gasteiger partial charge in [-0.15, -0.1) is 0 Å². The van der Waals surface area contributed by atoms with Crippen molar-refractivity contribution in [2.45, 2.75) is 69.4 Å². The second-order valence-electron chi connectivity index (χ2n) is 9.68. The molecule has 4 rings (SSSR count). The smallest absolute Gasteiger partial charge is 0.247 e. The van der Waals surface area contributed by atoms with Crippen molar-refractivity contribution in [1.29, 1.82) is 0 Å². The standard InChI is InChI=1S/C26H33N3O4S/c1-19-13-15-22(16-14-19)34(32,33)28-17-24(30)29(23-12-8-7-9-20(23)2)26(3,18-28)25(31)27-21-10-5-4-6-11-21/h7-9,12-16,21H,4-6,10-11,17-18H2,1-3H3,(H,27,31)/t26-/m0/s1. The summed E-state index contributed by atoms with van der Waals surface area (Å²) in [6, 6.07) is 14.0. The number of benzene rings is 2. The maximum absolute atomic E-state index is 13.8. The van der Waals surface area contributed by atoms with Gasteiger partial charge in [-0.3, -0.25) is 14.5 Å². The van der Waals surface area contributed by atoms with Crippen LogP contribution in [0.4, 0.5) is 5.69 Å². The normalized spacial score (nSPS) is 22.6. The number of rotatable bonds is 5. The Morgan fingerprint density at radius 2 is 1.65 bits per heavy atom. The van der Waals surface area contributed by atoms with Crippen LogP contribution in [0.1, 0.15) is 50.2 Å². The highest BCUT2D eigenvalue weighted by atomic mass is 32.2. The third kappa shape index (κ3) is 4.61. The molecule has 0 bridgehead atoms. The van der Waals surface area contributed by atoms with E-state index < -0.39 is 21.5 Å². The molecule has 2 aromatic carbocycles. The number of carbonyl (C=O) groups excluding carboxylic acids is 2. The van der Waals surface area contributed by atoms with E-state index >= 15 is 0 Å². The van der Waals surface area contributed by atoms with Crippen molar-refractivity contribution in [3.8, 4) is 0 Å². The molecule has 1 saturated heterocycles. The van der Waals surface area contributed by atoms with Crippen LogP contribution < -0.4 is 10.2 Å². The Morgan fingerprint density at radius 1 is 1.00 bits per heavy atom. The number of aryl methyl sites for hydroxylation is 2. The van der Waals surface area contributed by atoms with Gasteiger partial charge in [0.1, 0.15) is 5.54 Å². The summed E-state index contributed by atoms with van der Waals surface area (Å²) in [7, 11) is -3.96. The monoisotopic (exact) mass is 483 g/mol. The largest absolute Gasteiger partial charge is 0.351 e. The number of nitrogens with zero attached hydrogens (tertiary/aromatic N) is 2. The molecular weight excluding hydrogens is 450 g/mol. The van der Waals surface area contributed by atoms with Crippen LogP contribution in [-0.2, 0) is 19.6 Å². The Hall–Kier alpha value is -2.71. The van der Waals surface area contributed by atoms with Gasteiger partial charge in [0, 0.05) is 18.3 Å². The summed E-state index contributed by atoms with van der Waals surface area (Å²) in [6.45, 7) is 5.00. The summed E-state index contributed by atoms with van der Waals surface area (Å²) in [5.41, 5.74) is 1.02. The first-order chi connectivity index (χ1) is 16.1. The molecule has 1 aliphatic carbocycles. The Morgan fingerprint density at radius 3 is 2.29 bits per heavy atom. The van der Waals surface area contributed by atoms with E-state index in [1.54, 1.807) is 31.2 Å². The van der Waals surface area contributed by atoms with Gasteiger partial charge in [-0.2, -0.15) is 4.31 Å². The van der Waals surface area contributed by atoms with Gasteiger partial charge in [-0.25, -0.2) is 8.42 Å². The SMILES string of the molecule is Cc1ccc(S(=O)(=O)N2CC(=O)N(c3ccccc3C)[C@](C)(C(=O)NC3CCCCC3)C2)cc1. The average Bonchev–Trinajstić information content (AvgIpc) is 2.80. The first-order valence-corrected chi connectivity index (χ1v) is 13.3. The molecule has 2 amide bonds. The summed E-state index contributed by atoms with van der Waals surface area (Å²) in [5, 5.41) is 3.13. The number of sulfonamides is 1. The molecule has 2 aromatic rings. The number of hydrogen-bond donors (Lipinski definition) is 1. The minimum absolute atomic E-state index is 0.0379. The van der Waals surface area contributed by atoms with E-state index in [1.807, 2.05) is 38.1 Å². The van der Waals surface area contributed by atoms with Gasteiger partial charge < -0.3 is 5.32 Å². The number of anilines is 1. The molecule has 34 heavy (non-hydrogen) atoms. The zero-order valence-electron chi connectivity index (χ0n) is 20.1. The van der Waals surface area contributed by atoms with Crippen LogP contribution in [0.2, 0.25) is 0 Å². The Kier molecular flexibility index (Phi) is 6.82. The highest BCUT2D eigenvalue weighted by Crippen LogP contribution is 2.34. The summed E-state index contributed by atoms with van der Waals surface area (Å²) in [5.74, 6) is -0.739. The van der Waals surface area contributed by atoms with Gasteiger partial charge in [0.25, 0.3) is 0 Å². The van der Waals surface area contributed by atoms with Crippen LogP contribution in [0.3, 0.4) is 0 Å². The van der Waals surface area contributed by atoms with Crippen molar-refractivity contribution in [3.63, 3.8) is 0 Å². The predicted molar refractivity (Wildman–Crippen MR) is 132 cm³/mol. The van der Waals surface area contributed by atoms with E-state index in [-0.39, 0.29) is 29.9 Å². The zero-order valence-corrected chi connectivity index (χ0v) is 20.9. The number of amides is 2. The highest BCUT2D eigenvalue weighted by molar-refractivity contribution is 7.89. The molecular formula is C26H33N3O4S. The van der Waals surface area contributed by atoms with Gasteiger partial charge in [0.05, 0.1) is 11.4 Å². The summed E-state index contributed by atoms with van der Waals surface area (Å²) >= 11 is 0. The molecule has 0 unspecified atom stereocenters. The quantitative estimate of drug-likeness (QED) is 0.705. The second kappa shape index (κ2) is 9.50. The first-order valence-electron chi connectivity index (χ1n) is 11.9. The average molecular weight is 484 g/mol. The maximum atomic E-state index is 13.8. The van der Waals surface area contributed by atoms with Crippen molar-refractivity contribution in [3.05, 3.63) is 59.7 Å². The van der Waals surface area contributed by atoms with Gasteiger partial charge in [-0.05, 0) is 57.4 Å². The molecule has 7 nitrogen and oxygen atoms in total. The molecule has 0 spiro atoms. The zero-order chi connectivity index (χ0) is 24.5. The van der Waals surface area contributed by atoms with E-state index in [1.165, 1.54) is 4.90 Å². The Labute approximate surface area is 202 Å². The van der Waals surface area contributed by atoms with Crippen molar-refractivity contribution in [2.75, 3.05) is 18.0 Å². The molecule has 1 saturated carbocycles. The Bertz CT molecular complexity index is 1170.